The third-order valence-electron chi connectivity index (χ3n) is 2.74. The van der Waals surface area contributed by atoms with Crippen LogP contribution in [0.25, 0.3) is 0 Å². The molecule has 1 aromatic carbocycles. The normalized spacial score (nSPS) is 10.0. The second-order valence-electron chi connectivity index (χ2n) is 4.23. The summed E-state index contributed by atoms with van der Waals surface area (Å²) in [5.41, 5.74) is 6.93. The molecule has 0 bridgehead atoms. The second kappa shape index (κ2) is 6.60. The lowest BCUT2D eigenvalue weighted by atomic mass is 10.2. The molecule has 0 aliphatic rings. The fourth-order valence-corrected chi connectivity index (χ4v) is 1.75. The smallest absolute Gasteiger partial charge is 0.274 e. The zero-order chi connectivity index (χ0) is 15.2. The number of hydrogen-bond acceptors (Lipinski definition) is 5. The number of aromatic nitrogens is 1. The first kappa shape index (κ1) is 14.6. The Morgan fingerprint density at radius 3 is 2.71 bits per heavy atom. The van der Waals surface area contributed by atoms with Gasteiger partial charge in [0.2, 0.25) is 0 Å². The van der Waals surface area contributed by atoms with Crippen LogP contribution in [0, 0.1) is 0 Å². The Labute approximate surface area is 122 Å². The Bertz CT molecular complexity index is 627. The molecule has 0 radical (unpaired) electrons. The minimum atomic E-state index is -0.318. The Kier molecular flexibility index (Phi) is 4.61. The van der Waals surface area contributed by atoms with Crippen LogP contribution in [0.4, 0.5) is 11.4 Å². The van der Waals surface area contributed by atoms with E-state index in [-0.39, 0.29) is 11.6 Å². The third kappa shape index (κ3) is 3.62. The summed E-state index contributed by atoms with van der Waals surface area (Å²) >= 11 is 0. The first-order valence-corrected chi connectivity index (χ1v) is 6.47. The summed E-state index contributed by atoms with van der Waals surface area (Å²) in [6.45, 7) is 2.43. The first-order chi connectivity index (χ1) is 10.1. The van der Waals surface area contributed by atoms with E-state index in [1.807, 2.05) is 6.92 Å². The summed E-state index contributed by atoms with van der Waals surface area (Å²) < 4.78 is 10.7. The van der Waals surface area contributed by atoms with Crippen molar-refractivity contribution in [3.05, 3.63) is 42.2 Å². The molecular weight excluding hydrogens is 270 g/mol. The Morgan fingerprint density at radius 2 is 2.10 bits per heavy atom. The highest BCUT2D eigenvalue weighted by Crippen LogP contribution is 2.30. The van der Waals surface area contributed by atoms with E-state index in [0.717, 1.165) is 0 Å². The van der Waals surface area contributed by atoms with Gasteiger partial charge >= 0.3 is 0 Å². The van der Waals surface area contributed by atoms with E-state index in [0.29, 0.717) is 29.5 Å². The molecular formula is C15H17N3O3. The predicted molar refractivity (Wildman–Crippen MR) is 80.8 cm³/mol. The fraction of sp³-hybridized carbons (Fsp3) is 0.200. The van der Waals surface area contributed by atoms with Crippen molar-refractivity contribution in [1.82, 2.24) is 4.98 Å². The fourth-order valence-electron chi connectivity index (χ4n) is 1.75. The minimum Gasteiger partial charge on any atom is -0.493 e. The van der Waals surface area contributed by atoms with Crippen molar-refractivity contribution >= 4 is 17.3 Å². The first-order valence-electron chi connectivity index (χ1n) is 6.47. The highest BCUT2D eigenvalue weighted by Gasteiger charge is 2.10. The zero-order valence-corrected chi connectivity index (χ0v) is 11.9. The van der Waals surface area contributed by atoms with Gasteiger partial charge in [-0.2, -0.15) is 0 Å². The molecule has 0 saturated carbocycles. The molecule has 6 heteroatoms. The van der Waals surface area contributed by atoms with E-state index in [1.165, 1.54) is 6.20 Å². The number of methoxy groups -OCH3 is 1. The van der Waals surface area contributed by atoms with Gasteiger partial charge in [-0.3, -0.25) is 4.79 Å². The average Bonchev–Trinajstić information content (AvgIpc) is 2.49. The van der Waals surface area contributed by atoms with Gasteiger partial charge in [-0.25, -0.2) is 4.98 Å². The molecule has 3 N–H and O–H groups in total. The number of benzene rings is 1. The summed E-state index contributed by atoms with van der Waals surface area (Å²) in [4.78, 5) is 16.0. The van der Waals surface area contributed by atoms with Gasteiger partial charge in [0.15, 0.2) is 11.5 Å². The number of amides is 1. The second-order valence-corrected chi connectivity index (χ2v) is 4.23. The SMILES string of the molecule is CCOc1ccc(NC(=O)c2ccc(N)cn2)cc1OC. The molecule has 21 heavy (non-hydrogen) atoms. The van der Waals surface area contributed by atoms with E-state index in [1.54, 1.807) is 37.4 Å². The van der Waals surface area contributed by atoms with Crippen molar-refractivity contribution in [3.8, 4) is 11.5 Å². The molecule has 2 aromatic rings. The van der Waals surface area contributed by atoms with Crippen LogP contribution in [0.3, 0.4) is 0 Å². The van der Waals surface area contributed by atoms with E-state index in [2.05, 4.69) is 10.3 Å². The number of hydrogen-bond donors (Lipinski definition) is 2. The van der Waals surface area contributed by atoms with Crippen LogP contribution in [0.2, 0.25) is 0 Å². The summed E-state index contributed by atoms with van der Waals surface area (Å²) in [6.07, 6.45) is 1.44. The highest BCUT2D eigenvalue weighted by atomic mass is 16.5. The number of nitrogens with two attached hydrogens (primary N) is 1. The van der Waals surface area contributed by atoms with Gasteiger partial charge in [-0.1, -0.05) is 0 Å². The molecule has 1 aromatic heterocycles. The molecule has 110 valence electrons. The van der Waals surface area contributed by atoms with Gasteiger partial charge < -0.3 is 20.5 Å². The number of ether oxygens (including phenoxy) is 2. The molecule has 0 saturated heterocycles. The molecule has 2 rings (SSSR count). The lowest BCUT2D eigenvalue weighted by Crippen LogP contribution is -2.13. The number of carbonyl (C=O) groups excluding carboxylic acids is 1. The van der Waals surface area contributed by atoms with Crippen LogP contribution in [0.15, 0.2) is 36.5 Å². The van der Waals surface area contributed by atoms with E-state index in [4.69, 9.17) is 15.2 Å². The maximum absolute atomic E-state index is 12.0. The van der Waals surface area contributed by atoms with Crippen LogP contribution >= 0.6 is 0 Å². The summed E-state index contributed by atoms with van der Waals surface area (Å²) in [5.74, 6) is 0.865. The molecule has 0 aliphatic carbocycles. The highest BCUT2D eigenvalue weighted by molar-refractivity contribution is 6.03. The number of nitrogen functional groups attached to an aromatic ring is 1. The topological polar surface area (TPSA) is 86.5 Å². The van der Waals surface area contributed by atoms with Crippen LogP contribution in [0.1, 0.15) is 17.4 Å². The molecule has 1 heterocycles. The van der Waals surface area contributed by atoms with Gasteiger partial charge in [0.25, 0.3) is 5.91 Å². The van der Waals surface area contributed by atoms with E-state index in [9.17, 15) is 4.79 Å². The van der Waals surface area contributed by atoms with Crippen LogP contribution in [-0.4, -0.2) is 24.6 Å². The summed E-state index contributed by atoms with van der Waals surface area (Å²) in [7, 11) is 1.55. The Balaban J connectivity index is 2.15. The van der Waals surface area contributed by atoms with Gasteiger partial charge in [-0.05, 0) is 31.2 Å². The molecule has 1 amide bonds. The lowest BCUT2D eigenvalue weighted by Gasteiger charge is -2.11. The third-order valence-corrected chi connectivity index (χ3v) is 2.74. The van der Waals surface area contributed by atoms with Gasteiger partial charge in [0.1, 0.15) is 5.69 Å². The monoisotopic (exact) mass is 287 g/mol. The largest absolute Gasteiger partial charge is 0.493 e. The number of nitrogens with one attached hydrogen (secondary N) is 1. The van der Waals surface area contributed by atoms with Crippen molar-refractivity contribution in [2.24, 2.45) is 0 Å². The van der Waals surface area contributed by atoms with Crippen LogP contribution in [0.5, 0.6) is 11.5 Å². The van der Waals surface area contributed by atoms with Crippen LogP contribution in [-0.2, 0) is 0 Å². The Morgan fingerprint density at radius 1 is 1.29 bits per heavy atom. The van der Waals surface area contributed by atoms with Gasteiger partial charge in [-0.15, -0.1) is 0 Å². The number of pyridine rings is 1. The standard InChI is InChI=1S/C15H17N3O3/c1-3-21-13-7-5-11(8-14(13)20-2)18-15(19)12-6-4-10(16)9-17-12/h4-9H,3,16H2,1-2H3,(H,18,19). The van der Waals surface area contributed by atoms with E-state index < -0.39 is 0 Å². The number of rotatable bonds is 5. The van der Waals surface area contributed by atoms with Crippen molar-refractivity contribution in [2.75, 3.05) is 24.8 Å². The maximum Gasteiger partial charge on any atom is 0.274 e. The molecule has 6 nitrogen and oxygen atoms in total. The molecule has 0 spiro atoms. The van der Waals surface area contributed by atoms with Gasteiger partial charge in [0, 0.05) is 11.8 Å². The minimum absolute atomic E-state index is 0.289. The molecule has 0 unspecified atom stereocenters. The van der Waals surface area contributed by atoms with Crippen LogP contribution < -0.4 is 20.5 Å². The van der Waals surface area contributed by atoms with Crippen molar-refractivity contribution in [1.29, 1.82) is 0 Å². The van der Waals surface area contributed by atoms with Gasteiger partial charge in [0.05, 0.1) is 25.6 Å². The quantitative estimate of drug-likeness (QED) is 0.881. The number of anilines is 2. The average molecular weight is 287 g/mol. The molecule has 0 aliphatic heterocycles. The lowest BCUT2D eigenvalue weighted by molar-refractivity contribution is 0.102. The predicted octanol–water partition coefficient (Wildman–Crippen LogP) is 2.32. The summed E-state index contributed by atoms with van der Waals surface area (Å²) in [5, 5.41) is 2.74. The number of nitrogens with zero attached hydrogens (tertiary/aromatic N) is 1. The van der Waals surface area contributed by atoms with Crippen molar-refractivity contribution in [3.63, 3.8) is 0 Å². The van der Waals surface area contributed by atoms with Crippen molar-refractivity contribution < 1.29 is 14.3 Å². The maximum atomic E-state index is 12.0. The Hall–Kier alpha value is -2.76. The molecule has 0 atom stereocenters. The van der Waals surface area contributed by atoms with Crippen molar-refractivity contribution in [2.45, 2.75) is 6.92 Å². The molecule has 0 fully saturated rings. The van der Waals surface area contributed by atoms with E-state index >= 15 is 0 Å². The zero-order valence-electron chi connectivity index (χ0n) is 11.9. The number of carbonyl (C=O) groups is 1. The summed E-state index contributed by atoms with van der Waals surface area (Å²) in [6, 6.07) is 8.37.